The number of ether oxygens (including phenoxy) is 1. The van der Waals surface area contributed by atoms with Crippen molar-refractivity contribution in [1.82, 2.24) is 4.90 Å². The highest BCUT2D eigenvalue weighted by Gasteiger charge is 2.91. The number of carbonyl (C=O) groups is 2. The molecule has 1 rings (SSSR count). The standard InChI is InChI=1S/C15H14F13NO3/c1-5(2)7-4-32-9(31)29(7)8(30)6(3)10(16,17)11(18,19)12(20,21)13(22,23)14(24,25)15(26,27)28/h5-7H,4H2,1-3H3/t6-,7+/m0/s1. The van der Waals surface area contributed by atoms with E-state index in [-0.39, 0.29) is 11.8 Å². The van der Waals surface area contributed by atoms with Gasteiger partial charge in [-0.2, -0.15) is 57.1 Å². The molecular formula is C15H14F13NO3. The predicted octanol–water partition coefficient (Wildman–Crippen LogP) is 5.36. The minimum atomic E-state index is -8.07. The third-order valence-corrected chi connectivity index (χ3v) is 4.78. The SMILES string of the molecule is CC(C)[C@H]1COC(=O)N1C(=O)[C@H](C)C(F)(F)C(F)(F)C(F)(F)C(F)(F)C(F)(F)C(F)(F)F. The van der Waals surface area contributed by atoms with E-state index in [1.807, 2.05) is 0 Å². The van der Waals surface area contributed by atoms with Crippen LogP contribution in [0.3, 0.4) is 0 Å². The molecule has 0 aliphatic carbocycles. The summed E-state index contributed by atoms with van der Waals surface area (Å²) >= 11 is 0. The van der Waals surface area contributed by atoms with Gasteiger partial charge in [0.2, 0.25) is 5.91 Å². The Morgan fingerprint density at radius 2 is 1.22 bits per heavy atom. The Morgan fingerprint density at radius 1 is 0.812 bits per heavy atom. The van der Waals surface area contributed by atoms with Crippen LogP contribution < -0.4 is 0 Å². The second kappa shape index (κ2) is 7.81. The fourth-order valence-electron chi connectivity index (χ4n) is 2.60. The summed E-state index contributed by atoms with van der Waals surface area (Å²) in [6.45, 7) is 1.72. The second-order valence-corrected chi connectivity index (χ2v) is 7.24. The Labute approximate surface area is 170 Å². The van der Waals surface area contributed by atoms with Crippen LogP contribution in [0, 0.1) is 11.8 Å². The van der Waals surface area contributed by atoms with E-state index in [1.165, 1.54) is 13.8 Å². The summed E-state index contributed by atoms with van der Waals surface area (Å²) in [4.78, 5) is 23.5. The van der Waals surface area contributed by atoms with Gasteiger partial charge in [-0.25, -0.2) is 9.69 Å². The first-order chi connectivity index (χ1) is 13.9. The van der Waals surface area contributed by atoms with Crippen LogP contribution in [0.4, 0.5) is 61.9 Å². The molecule has 0 N–H and O–H groups in total. The summed E-state index contributed by atoms with van der Waals surface area (Å²) in [7, 11) is 0. The van der Waals surface area contributed by atoms with Gasteiger partial charge < -0.3 is 4.74 Å². The molecule has 0 aromatic carbocycles. The largest absolute Gasteiger partial charge is 0.460 e. The summed E-state index contributed by atoms with van der Waals surface area (Å²) in [5, 5.41) is 0. The summed E-state index contributed by atoms with van der Waals surface area (Å²) in [6, 6.07) is -1.38. The number of hydrogen-bond acceptors (Lipinski definition) is 3. The first kappa shape index (κ1) is 28.1. The zero-order valence-electron chi connectivity index (χ0n) is 16.0. The molecule has 0 bridgehead atoms. The van der Waals surface area contributed by atoms with Gasteiger partial charge in [-0.3, -0.25) is 4.79 Å². The van der Waals surface area contributed by atoms with E-state index in [1.54, 1.807) is 0 Å². The second-order valence-electron chi connectivity index (χ2n) is 7.24. The molecule has 188 valence electrons. The summed E-state index contributed by atoms with van der Waals surface area (Å²) < 4.78 is 176. The Bertz CT molecular complexity index is 747. The van der Waals surface area contributed by atoms with Crippen LogP contribution in [0.5, 0.6) is 0 Å². The van der Waals surface area contributed by atoms with Crippen LogP contribution in [-0.2, 0) is 9.53 Å². The maximum Gasteiger partial charge on any atom is 0.460 e. The van der Waals surface area contributed by atoms with Crippen molar-refractivity contribution in [3.05, 3.63) is 0 Å². The number of amides is 2. The Balaban J connectivity index is 3.47. The zero-order chi connectivity index (χ0) is 25.9. The lowest BCUT2D eigenvalue weighted by atomic mass is 9.87. The maximum absolute atomic E-state index is 14.2. The van der Waals surface area contributed by atoms with Crippen molar-refractivity contribution >= 4 is 12.0 Å². The van der Waals surface area contributed by atoms with Crippen LogP contribution in [0.15, 0.2) is 0 Å². The van der Waals surface area contributed by atoms with E-state index in [0.717, 1.165) is 0 Å². The average molecular weight is 503 g/mol. The van der Waals surface area contributed by atoms with Crippen molar-refractivity contribution in [2.75, 3.05) is 6.61 Å². The van der Waals surface area contributed by atoms with Gasteiger partial charge in [0.15, 0.2) is 0 Å². The first-order valence-electron chi connectivity index (χ1n) is 8.36. The van der Waals surface area contributed by atoms with Crippen LogP contribution in [0.1, 0.15) is 20.8 Å². The van der Waals surface area contributed by atoms with Crippen LogP contribution >= 0.6 is 0 Å². The molecule has 0 saturated carbocycles. The molecule has 0 radical (unpaired) electrons. The van der Waals surface area contributed by atoms with Gasteiger partial charge in [0.1, 0.15) is 12.5 Å². The number of halogens is 13. The Morgan fingerprint density at radius 3 is 1.59 bits per heavy atom. The first-order valence-corrected chi connectivity index (χ1v) is 8.36. The molecule has 1 aliphatic heterocycles. The smallest absolute Gasteiger partial charge is 0.447 e. The van der Waals surface area contributed by atoms with E-state index in [0.29, 0.717) is 0 Å². The fourth-order valence-corrected chi connectivity index (χ4v) is 2.60. The van der Waals surface area contributed by atoms with Gasteiger partial charge in [-0.05, 0) is 12.8 Å². The van der Waals surface area contributed by atoms with E-state index >= 15 is 0 Å². The minimum Gasteiger partial charge on any atom is -0.447 e. The zero-order valence-corrected chi connectivity index (χ0v) is 16.0. The molecule has 4 nitrogen and oxygen atoms in total. The number of imide groups is 1. The molecule has 0 unspecified atom stereocenters. The number of nitrogens with zero attached hydrogens (tertiary/aromatic N) is 1. The van der Waals surface area contributed by atoms with Gasteiger partial charge in [0, 0.05) is 0 Å². The number of cyclic esters (lactones) is 1. The molecular weight excluding hydrogens is 489 g/mol. The quantitative estimate of drug-likeness (QED) is 0.440. The molecule has 1 fully saturated rings. The molecule has 32 heavy (non-hydrogen) atoms. The van der Waals surface area contributed by atoms with E-state index < -0.39 is 72.3 Å². The van der Waals surface area contributed by atoms with Gasteiger partial charge in [-0.15, -0.1) is 0 Å². The van der Waals surface area contributed by atoms with Crippen LogP contribution in [0.2, 0.25) is 0 Å². The molecule has 17 heteroatoms. The maximum atomic E-state index is 14.2. The molecule has 0 spiro atoms. The molecule has 0 aromatic rings. The third-order valence-electron chi connectivity index (χ3n) is 4.78. The lowest BCUT2D eigenvalue weighted by molar-refractivity contribution is -0.442. The molecule has 1 heterocycles. The van der Waals surface area contributed by atoms with Gasteiger partial charge in [0.05, 0.1) is 6.04 Å². The van der Waals surface area contributed by atoms with Crippen molar-refractivity contribution < 1.29 is 71.4 Å². The molecule has 2 atom stereocenters. The fraction of sp³-hybridized carbons (Fsp3) is 0.867. The topological polar surface area (TPSA) is 46.6 Å². The van der Waals surface area contributed by atoms with Crippen molar-refractivity contribution in [2.24, 2.45) is 11.8 Å². The van der Waals surface area contributed by atoms with Gasteiger partial charge in [-0.1, -0.05) is 13.8 Å². The lowest BCUT2D eigenvalue weighted by Gasteiger charge is -2.41. The van der Waals surface area contributed by atoms with Crippen molar-refractivity contribution in [3.63, 3.8) is 0 Å². The van der Waals surface area contributed by atoms with Crippen molar-refractivity contribution in [3.8, 4) is 0 Å². The minimum absolute atomic E-state index is 0.181. The van der Waals surface area contributed by atoms with E-state index in [2.05, 4.69) is 4.74 Å². The molecule has 0 aromatic heterocycles. The number of carbonyl (C=O) groups excluding carboxylic acids is 2. The third kappa shape index (κ3) is 3.74. The van der Waals surface area contributed by atoms with Crippen LogP contribution in [-0.4, -0.2) is 65.3 Å². The highest BCUT2D eigenvalue weighted by atomic mass is 19.4. The van der Waals surface area contributed by atoms with E-state index in [4.69, 9.17) is 0 Å². The Kier molecular flexibility index (Phi) is 6.85. The number of rotatable bonds is 7. The van der Waals surface area contributed by atoms with Crippen molar-refractivity contribution in [2.45, 2.75) is 62.6 Å². The lowest BCUT2D eigenvalue weighted by Crippen LogP contribution is -2.71. The normalized spacial score (nSPS) is 20.6. The van der Waals surface area contributed by atoms with Crippen molar-refractivity contribution in [1.29, 1.82) is 0 Å². The predicted molar refractivity (Wildman–Crippen MR) is 76.8 cm³/mol. The van der Waals surface area contributed by atoms with Gasteiger partial charge in [0.25, 0.3) is 0 Å². The van der Waals surface area contributed by atoms with Gasteiger partial charge >= 0.3 is 41.9 Å². The summed E-state index contributed by atoms with van der Waals surface area (Å²) in [5.41, 5.74) is 0. The van der Waals surface area contributed by atoms with E-state index in [9.17, 15) is 66.7 Å². The molecule has 2 amide bonds. The highest BCUT2D eigenvalue weighted by molar-refractivity contribution is 5.95. The Hall–Kier alpha value is -1.97. The number of hydrogen-bond donors (Lipinski definition) is 0. The van der Waals surface area contributed by atoms with Crippen LogP contribution in [0.25, 0.3) is 0 Å². The summed E-state index contributed by atoms with van der Waals surface area (Å²) in [6.07, 6.45) is -9.21. The average Bonchev–Trinajstić information content (AvgIpc) is 3.00. The molecule has 1 aliphatic rings. The molecule has 1 saturated heterocycles. The number of alkyl halides is 13. The monoisotopic (exact) mass is 503 g/mol. The highest BCUT2D eigenvalue weighted by Crippen LogP contribution is 2.61. The summed E-state index contributed by atoms with van der Waals surface area (Å²) in [5.74, 6) is -45.1.